The molecule has 0 saturated heterocycles. The summed E-state index contributed by atoms with van der Waals surface area (Å²) in [5.74, 6) is -0.588. The Morgan fingerprint density at radius 2 is 2.05 bits per heavy atom. The van der Waals surface area contributed by atoms with Crippen LogP contribution in [0.2, 0.25) is 0 Å². The zero-order chi connectivity index (χ0) is 14.7. The molecule has 0 amide bonds. The Hall–Kier alpha value is -1.23. The molecule has 5 nitrogen and oxygen atoms in total. The lowest BCUT2D eigenvalue weighted by atomic mass is 9.77. The number of esters is 1. The lowest BCUT2D eigenvalue weighted by molar-refractivity contribution is -0.146. The SMILES string of the molecule is CC(CC(=N)C(=O)OC(C)(C)C)NC1(C=O)CCC1. The van der Waals surface area contributed by atoms with Crippen LogP contribution in [0.25, 0.3) is 0 Å². The summed E-state index contributed by atoms with van der Waals surface area (Å²) in [5.41, 5.74) is -1.08. The van der Waals surface area contributed by atoms with E-state index in [-0.39, 0.29) is 18.2 Å². The minimum absolute atomic E-state index is 0.0599. The summed E-state index contributed by atoms with van der Waals surface area (Å²) in [5, 5.41) is 11.0. The standard InChI is InChI=1S/C14H24N2O3/c1-10(16-14(9-17)6-5-7-14)8-11(15)12(18)19-13(2,3)4/h9-10,15-16H,5-8H2,1-4H3. The molecule has 0 radical (unpaired) electrons. The molecular formula is C14H24N2O3. The first-order valence-corrected chi connectivity index (χ1v) is 6.72. The molecule has 0 aromatic carbocycles. The molecule has 19 heavy (non-hydrogen) atoms. The van der Waals surface area contributed by atoms with Gasteiger partial charge in [0, 0.05) is 12.5 Å². The molecule has 1 saturated carbocycles. The molecule has 1 unspecified atom stereocenters. The molecule has 0 aliphatic heterocycles. The third-order valence-electron chi connectivity index (χ3n) is 3.16. The Balaban J connectivity index is 2.43. The number of ether oxygens (including phenoxy) is 1. The summed E-state index contributed by atoms with van der Waals surface area (Å²) in [4.78, 5) is 22.7. The third-order valence-corrected chi connectivity index (χ3v) is 3.16. The van der Waals surface area contributed by atoms with Gasteiger partial charge in [0.2, 0.25) is 0 Å². The van der Waals surface area contributed by atoms with Gasteiger partial charge in [-0.2, -0.15) is 0 Å². The summed E-state index contributed by atoms with van der Waals surface area (Å²) in [6.45, 7) is 7.20. The highest BCUT2D eigenvalue weighted by atomic mass is 16.6. The maximum absolute atomic E-state index is 11.7. The van der Waals surface area contributed by atoms with Crippen LogP contribution in [0.5, 0.6) is 0 Å². The second-order valence-corrected chi connectivity index (χ2v) is 6.36. The fourth-order valence-electron chi connectivity index (χ4n) is 2.12. The molecule has 5 heteroatoms. The molecule has 1 aliphatic rings. The number of carbonyl (C=O) groups excluding carboxylic acids is 2. The summed E-state index contributed by atoms with van der Waals surface area (Å²) >= 11 is 0. The highest BCUT2D eigenvalue weighted by Gasteiger charge is 2.37. The third kappa shape index (κ3) is 4.74. The molecule has 1 aliphatic carbocycles. The Kier molecular flexibility index (Phi) is 4.85. The Morgan fingerprint density at radius 3 is 2.42 bits per heavy atom. The lowest BCUT2D eigenvalue weighted by Crippen LogP contribution is -2.56. The van der Waals surface area contributed by atoms with Crippen molar-refractivity contribution in [3.63, 3.8) is 0 Å². The topological polar surface area (TPSA) is 79.2 Å². The Bertz CT molecular complexity index is 367. The van der Waals surface area contributed by atoms with Gasteiger partial charge in [-0.1, -0.05) is 0 Å². The summed E-state index contributed by atoms with van der Waals surface area (Å²) in [7, 11) is 0. The van der Waals surface area contributed by atoms with E-state index in [0.29, 0.717) is 0 Å². The van der Waals surface area contributed by atoms with Gasteiger partial charge in [-0.05, 0) is 47.0 Å². The van der Waals surface area contributed by atoms with Crippen LogP contribution in [-0.4, -0.2) is 35.1 Å². The van der Waals surface area contributed by atoms with Crippen LogP contribution in [0, 0.1) is 5.41 Å². The highest BCUT2D eigenvalue weighted by Crippen LogP contribution is 2.30. The minimum Gasteiger partial charge on any atom is -0.456 e. The first-order valence-electron chi connectivity index (χ1n) is 6.72. The Morgan fingerprint density at radius 1 is 1.47 bits per heavy atom. The fourth-order valence-corrected chi connectivity index (χ4v) is 2.12. The van der Waals surface area contributed by atoms with E-state index in [1.807, 2.05) is 6.92 Å². The second-order valence-electron chi connectivity index (χ2n) is 6.36. The predicted molar refractivity (Wildman–Crippen MR) is 73.4 cm³/mol. The van der Waals surface area contributed by atoms with Crippen molar-refractivity contribution < 1.29 is 14.3 Å². The number of carbonyl (C=O) groups is 2. The minimum atomic E-state index is -0.588. The molecule has 0 aromatic heterocycles. The summed E-state index contributed by atoms with van der Waals surface area (Å²) < 4.78 is 5.14. The second kappa shape index (κ2) is 5.82. The zero-order valence-corrected chi connectivity index (χ0v) is 12.2. The van der Waals surface area contributed by atoms with Gasteiger partial charge in [0.1, 0.15) is 17.6 Å². The van der Waals surface area contributed by atoms with Gasteiger partial charge in [0.05, 0.1) is 5.54 Å². The van der Waals surface area contributed by atoms with Crippen molar-refractivity contribution in [3.8, 4) is 0 Å². The predicted octanol–water partition coefficient (Wildman–Crippen LogP) is 1.84. The molecule has 0 bridgehead atoms. The van der Waals surface area contributed by atoms with Crippen molar-refractivity contribution in [2.45, 2.75) is 70.6 Å². The average molecular weight is 268 g/mol. The fraction of sp³-hybridized carbons (Fsp3) is 0.786. The van der Waals surface area contributed by atoms with Crippen LogP contribution >= 0.6 is 0 Å². The van der Waals surface area contributed by atoms with Crippen molar-refractivity contribution in [3.05, 3.63) is 0 Å². The number of rotatable bonds is 6. The van der Waals surface area contributed by atoms with Crippen molar-refractivity contribution >= 4 is 18.0 Å². The maximum atomic E-state index is 11.7. The van der Waals surface area contributed by atoms with Crippen LogP contribution in [0.15, 0.2) is 0 Å². The van der Waals surface area contributed by atoms with E-state index in [9.17, 15) is 9.59 Å². The molecule has 2 N–H and O–H groups in total. The molecule has 1 rings (SSSR count). The molecule has 0 spiro atoms. The van der Waals surface area contributed by atoms with Crippen LogP contribution in [0.3, 0.4) is 0 Å². The first kappa shape index (κ1) is 15.8. The van der Waals surface area contributed by atoms with Gasteiger partial charge in [-0.25, -0.2) is 4.79 Å². The monoisotopic (exact) mass is 268 g/mol. The molecule has 108 valence electrons. The van der Waals surface area contributed by atoms with Crippen LogP contribution in [0.4, 0.5) is 0 Å². The van der Waals surface area contributed by atoms with Crippen LogP contribution < -0.4 is 5.32 Å². The van der Waals surface area contributed by atoms with E-state index in [2.05, 4.69) is 5.32 Å². The van der Waals surface area contributed by atoms with Gasteiger partial charge in [0.25, 0.3) is 0 Å². The normalized spacial score (nSPS) is 19.2. The highest BCUT2D eigenvalue weighted by molar-refractivity contribution is 6.35. The average Bonchev–Trinajstić information content (AvgIpc) is 2.21. The van der Waals surface area contributed by atoms with Crippen molar-refractivity contribution in [1.82, 2.24) is 5.32 Å². The molecular weight excluding hydrogens is 244 g/mol. The zero-order valence-electron chi connectivity index (χ0n) is 12.2. The van der Waals surface area contributed by atoms with Gasteiger partial charge in [-0.15, -0.1) is 0 Å². The van der Waals surface area contributed by atoms with E-state index in [1.165, 1.54) is 0 Å². The molecule has 0 aromatic rings. The van der Waals surface area contributed by atoms with E-state index in [0.717, 1.165) is 25.5 Å². The Labute approximate surface area is 114 Å². The molecule has 1 atom stereocenters. The van der Waals surface area contributed by atoms with E-state index in [4.69, 9.17) is 10.1 Å². The molecule has 0 heterocycles. The van der Waals surface area contributed by atoms with E-state index >= 15 is 0 Å². The van der Waals surface area contributed by atoms with Crippen LogP contribution in [-0.2, 0) is 14.3 Å². The van der Waals surface area contributed by atoms with Gasteiger partial charge < -0.3 is 14.8 Å². The summed E-state index contributed by atoms with van der Waals surface area (Å²) in [6, 6.07) is -0.0921. The summed E-state index contributed by atoms with van der Waals surface area (Å²) in [6.07, 6.45) is 3.93. The van der Waals surface area contributed by atoms with Crippen molar-refractivity contribution in [1.29, 1.82) is 5.41 Å². The van der Waals surface area contributed by atoms with Crippen molar-refractivity contribution in [2.24, 2.45) is 0 Å². The molecule has 1 fully saturated rings. The van der Waals surface area contributed by atoms with E-state index in [1.54, 1.807) is 20.8 Å². The van der Waals surface area contributed by atoms with E-state index < -0.39 is 17.1 Å². The van der Waals surface area contributed by atoms with Gasteiger partial charge >= 0.3 is 5.97 Å². The van der Waals surface area contributed by atoms with Crippen molar-refractivity contribution in [2.75, 3.05) is 0 Å². The smallest absolute Gasteiger partial charge is 0.352 e. The number of hydrogen-bond donors (Lipinski definition) is 2. The largest absolute Gasteiger partial charge is 0.456 e. The van der Waals surface area contributed by atoms with Crippen LogP contribution in [0.1, 0.15) is 53.4 Å². The maximum Gasteiger partial charge on any atom is 0.352 e. The number of aldehydes is 1. The lowest BCUT2D eigenvalue weighted by Gasteiger charge is -2.40. The van der Waals surface area contributed by atoms with Gasteiger partial charge in [0.15, 0.2) is 0 Å². The number of hydrogen-bond acceptors (Lipinski definition) is 5. The first-order chi connectivity index (χ1) is 8.67. The van der Waals surface area contributed by atoms with Gasteiger partial charge in [-0.3, -0.25) is 5.41 Å². The number of nitrogens with one attached hydrogen (secondary N) is 2. The quantitative estimate of drug-likeness (QED) is 0.437.